The number of thiazole rings is 1. The van der Waals surface area contributed by atoms with Gasteiger partial charge in [0.15, 0.2) is 5.13 Å². The van der Waals surface area contributed by atoms with Crippen LogP contribution in [0.5, 0.6) is 0 Å². The molecule has 1 aromatic rings. The van der Waals surface area contributed by atoms with Gasteiger partial charge in [-0.1, -0.05) is 20.3 Å². The number of rotatable bonds is 6. The summed E-state index contributed by atoms with van der Waals surface area (Å²) in [6, 6.07) is 0.335. The van der Waals surface area contributed by atoms with E-state index in [0.717, 1.165) is 23.3 Å². The van der Waals surface area contributed by atoms with Crippen molar-refractivity contribution in [3.63, 3.8) is 0 Å². The molecule has 0 radical (unpaired) electrons. The molecule has 0 aliphatic rings. The summed E-state index contributed by atoms with van der Waals surface area (Å²) in [5.41, 5.74) is 1.14. The third-order valence-electron chi connectivity index (χ3n) is 3.00. The Morgan fingerprint density at radius 2 is 2.19 bits per heavy atom. The van der Waals surface area contributed by atoms with E-state index < -0.39 is 0 Å². The molecule has 0 spiro atoms. The first kappa shape index (κ1) is 13.5. The summed E-state index contributed by atoms with van der Waals surface area (Å²) in [5.74, 6) is 0.721. The van der Waals surface area contributed by atoms with E-state index in [4.69, 9.17) is 0 Å². The summed E-state index contributed by atoms with van der Waals surface area (Å²) in [7, 11) is 4.09. The molecular formula is C12H23N3S. The summed E-state index contributed by atoms with van der Waals surface area (Å²) >= 11 is 1.73. The number of anilines is 1. The molecule has 1 aromatic heterocycles. The van der Waals surface area contributed by atoms with Crippen molar-refractivity contribution in [2.45, 2.75) is 33.2 Å². The van der Waals surface area contributed by atoms with E-state index in [0.29, 0.717) is 6.04 Å². The van der Waals surface area contributed by atoms with Gasteiger partial charge in [-0.3, -0.25) is 0 Å². The average Bonchev–Trinajstić information content (AvgIpc) is 2.77. The van der Waals surface area contributed by atoms with Gasteiger partial charge in [-0.15, -0.1) is 11.3 Å². The summed E-state index contributed by atoms with van der Waals surface area (Å²) in [6.07, 6.45) is 1.22. The van der Waals surface area contributed by atoms with E-state index in [-0.39, 0.29) is 0 Å². The summed E-state index contributed by atoms with van der Waals surface area (Å²) < 4.78 is 0. The molecule has 0 aromatic carbocycles. The number of hydrogen-bond donors (Lipinski definition) is 1. The van der Waals surface area contributed by atoms with Crippen LogP contribution in [0.25, 0.3) is 0 Å². The van der Waals surface area contributed by atoms with Crippen molar-refractivity contribution >= 4 is 16.5 Å². The van der Waals surface area contributed by atoms with Crippen molar-refractivity contribution in [2.75, 3.05) is 25.5 Å². The van der Waals surface area contributed by atoms with Crippen LogP contribution in [-0.2, 0) is 0 Å². The molecular weight excluding hydrogens is 218 g/mol. The molecule has 1 heterocycles. The summed E-state index contributed by atoms with van der Waals surface area (Å²) in [4.78, 5) is 6.90. The Bertz CT molecular complexity index is 311. The van der Waals surface area contributed by atoms with Gasteiger partial charge in [0, 0.05) is 25.0 Å². The van der Waals surface area contributed by atoms with E-state index in [1.807, 2.05) is 7.05 Å². The zero-order valence-corrected chi connectivity index (χ0v) is 11.8. The molecule has 0 aliphatic carbocycles. The van der Waals surface area contributed by atoms with Crippen LogP contribution in [0.4, 0.5) is 5.13 Å². The third kappa shape index (κ3) is 3.46. The predicted molar refractivity (Wildman–Crippen MR) is 72.3 cm³/mol. The molecule has 0 amide bonds. The predicted octanol–water partition coefficient (Wildman–Crippen LogP) is 2.91. The number of hydrogen-bond acceptors (Lipinski definition) is 4. The topological polar surface area (TPSA) is 28.2 Å². The van der Waals surface area contributed by atoms with E-state index in [9.17, 15) is 0 Å². The highest BCUT2D eigenvalue weighted by Gasteiger charge is 2.12. The lowest BCUT2D eigenvalue weighted by molar-refractivity contribution is 0.558. The molecule has 3 nitrogen and oxygen atoms in total. The summed E-state index contributed by atoms with van der Waals surface area (Å²) in [6.45, 7) is 7.72. The van der Waals surface area contributed by atoms with Crippen molar-refractivity contribution in [2.24, 2.45) is 5.92 Å². The number of aromatic nitrogens is 1. The Balaban J connectivity index is 2.62. The molecule has 92 valence electrons. The molecule has 0 saturated carbocycles. The molecule has 0 saturated heterocycles. The smallest absolute Gasteiger partial charge is 0.185 e. The van der Waals surface area contributed by atoms with Crippen molar-refractivity contribution in [3.8, 4) is 0 Å². The Kier molecular flexibility index (Phi) is 5.22. The minimum atomic E-state index is 0.335. The second kappa shape index (κ2) is 6.21. The standard InChI is InChI=1S/C12H23N3S/c1-6-9(2)7-15(5)12-14-11(8-16-12)10(3)13-4/h8-10,13H,6-7H2,1-5H3. The Hall–Kier alpha value is -0.610. The molecule has 2 unspecified atom stereocenters. The largest absolute Gasteiger partial charge is 0.351 e. The van der Waals surface area contributed by atoms with Crippen molar-refractivity contribution in [1.82, 2.24) is 10.3 Å². The quantitative estimate of drug-likeness (QED) is 0.830. The van der Waals surface area contributed by atoms with E-state index in [2.05, 4.69) is 48.4 Å². The van der Waals surface area contributed by atoms with Gasteiger partial charge in [0.25, 0.3) is 0 Å². The van der Waals surface area contributed by atoms with Crippen LogP contribution in [0.1, 0.15) is 38.9 Å². The SMILES string of the molecule is CCC(C)CN(C)c1nc(C(C)NC)cs1. The highest BCUT2D eigenvalue weighted by molar-refractivity contribution is 7.13. The normalized spacial score (nSPS) is 14.8. The monoisotopic (exact) mass is 241 g/mol. The van der Waals surface area contributed by atoms with Crippen LogP contribution >= 0.6 is 11.3 Å². The van der Waals surface area contributed by atoms with Crippen LogP contribution in [-0.4, -0.2) is 25.6 Å². The average molecular weight is 241 g/mol. The maximum atomic E-state index is 4.65. The highest BCUT2D eigenvalue weighted by atomic mass is 32.1. The van der Waals surface area contributed by atoms with Crippen molar-refractivity contribution in [3.05, 3.63) is 11.1 Å². The zero-order valence-electron chi connectivity index (χ0n) is 10.9. The van der Waals surface area contributed by atoms with Gasteiger partial charge in [0.2, 0.25) is 0 Å². The minimum absolute atomic E-state index is 0.335. The van der Waals surface area contributed by atoms with Gasteiger partial charge in [0.1, 0.15) is 0 Å². The molecule has 1 N–H and O–H groups in total. The Morgan fingerprint density at radius 3 is 2.75 bits per heavy atom. The van der Waals surface area contributed by atoms with Crippen molar-refractivity contribution < 1.29 is 0 Å². The van der Waals surface area contributed by atoms with Gasteiger partial charge in [0.05, 0.1) is 5.69 Å². The lowest BCUT2D eigenvalue weighted by Gasteiger charge is -2.19. The summed E-state index contributed by atoms with van der Waals surface area (Å²) in [5, 5.41) is 6.48. The van der Waals surface area contributed by atoms with E-state index >= 15 is 0 Å². The Morgan fingerprint density at radius 1 is 1.50 bits per heavy atom. The Labute approximate surface area is 103 Å². The molecule has 0 bridgehead atoms. The zero-order chi connectivity index (χ0) is 12.1. The van der Waals surface area contributed by atoms with Crippen LogP contribution in [0.3, 0.4) is 0 Å². The fourth-order valence-corrected chi connectivity index (χ4v) is 2.37. The van der Waals surface area contributed by atoms with Gasteiger partial charge < -0.3 is 10.2 Å². The first-order valence-corrected chi connectivity index (χ1v) is 6.80. The first-order chi connectivity index (χ1) is 7.58. The van der Waals surface area contributed by atoms with Crippen LogP contribution in [0.15, 0.2) is 5.38 Å². The maximum absolute atomic E-state index is 4.65. The molecule has 4 heteroatoms. The lowest BCUT2D eigenvalue weighted by Crippen LogP contribution is -2.23. The van der Waals surface area contributed by atoms with Gasteiger partial charge >= 0.3 is 0 Å². The van der Waals surface area contributed by atoms with Crippen LogP contribution in [0.2, 0.25) is 0 Å². The number of nitrogens with one attached hydrogen (secondary N) is 1. The maximum Gasteiger partial charge on any atom is 0.185 e. The van der Waals surface area contributed by atoms with Crippen LogP contribution in [0, 0.1) is 5.92 Å². The van der Waals surface area contributed by atoms with Crippen LogP contribution < -0.4 is 10.2 Å². The van der Waals surface area contributed by atoms with Crippen molar-refractivity contribution in [1.29, 1.82) is 0 Å². The van der Waals surface area contributed by atoms with Gasteiger partial charge in [-0.25, -0.2) is 4.98 Å². The van der Waals surface area contributed by atoms with E-state index in [1.54, 1.807) is 11.3 Å². The molecule has 0 aliphatic heterocycles. The second-order valence-electron chi connectivity index (χ2n) is 4.46. The van der Waals surface area contributed by atoms with Gasteiger partial charge in [-0.05, 0) is 19.9 Å². The highest BCUT2D eigenvalue weighted by Crippen LogP contribution is 2.23. The minimum Gasteiger partial charge on any atom is -0.351 e. The fourth-order valence-electron chi connectivity index (χ4n) is 1.47. The lowest BCUT2D eigenvalue weighted by atomic mass is 10.1. The number of nitrogens with zero attached hydrogens (tertiary/aromatic N) is 2. The molecule has 0 fully saturated rings. The van der Waals surface area contributed by atoms with E-state index in [1.165, 1.54) is 6.42 Å². The molecule has 2 atom stereocenters. The second-order valence-corrected chi connectivity index (χ2v) is 5.30. The molecule has 1 rings (SSSR count). The third-order valence-corrected chi connectivity index (χ3v) is 3.97. The first-order valence-electron chi connectivity index (χ1n) is 5.92. The fraction of sp³-hybridized carbons (Fsp3) is 0.750. The van der Waals surface area contributed by atoms with Gasteiger partial charge in [-0.2, -0.15) is 0 Å². The molecule has 16 heavy (non-hydrogen) atoms.